The first-order valence-electron chi connectivity index (χ1n) is 5.26. The van der Waals surface area contributed by atoms with Crippen molar-refractivity contribution in [2.45, 2.75) is 23.2 Å². The van der Waals surface area contributed by atoms with Crippen LogP contribution in [0.2, 0.25) is 0 Å². The van der Waals surface area contributed by atoms with Crippen molar-refractivity contribution in [3.63, 3.8) is 0 Å². The summed E-state index contributed by atoms with van der Waals surface area (Å²) in [5.74, 6) is 0.649. The lowest BCUT2D eigenvalue weighted by Crippen LogP contribution is -1.99. The first kappa shape index (κ1) is 12.6. The van der Waals surface area contributed by atoms with Crippen LogP contribution in [0.4, 0.5) is 11.6 Å². The summed E-state index contributed by atoms with van der Waals surface area (Å²) >= 11 is 1.26. The number of nitrogen functional groups attached to an aromatic ring is 2. The highest BCUT2D eigenvalue weighted by Gasteiger charge is 2.06. The van der Waals surface area contributed by atoms with Crippen molar-refractivity contribution in [2.75, 3.05) is 11.5 Å². The lowest BCUT2D eigenvalue weighted by Gasteiger charge is -2.05. The molecule has 2 rings (SSSR count). The predicted octanol–water partition coefficient (Wildman–Crippen LogP) is 1.24. The van der Waals surface area contributed by atoms with E-state index in [4.69, 9.17) is 11.5 Å². The molecule has 0 aliphatic carbocycles. The molecule has 0 radical (unpaired) electrons. The minimum atomic E-state index is -0.532. The van der Waals surface area contributed by atoms with Crippen molar-refractivity contribution in [1.82, 2.24) is 15.0 Å². The van der Waals surface area contributed by atoms with Crippen LogP contribution in [0.5, 0.6) is 0 Å². The second kappa shape index (κ2) is 5.19. The molecule has 0 bridgehead atoms. The Bertz CT molecular complexity index is 523. The molecule has 0 aliphatic rings. The molecule has 0 amide bonds. The molecule has 2 aromatic rings. The molecule has 2 aromatic heterocycles. The molecule has 0 saturated heterocycles. The van der Waals surface area contributed by atoms with Gasteiger partial charge < -0.3 is 16.6 Å². The molecule has 0 aromatic carbocycles. The summed E-state index contributed by atoms with van der Waals surface area (Å²) in [6.45, 7) is 1.69. The van der Waals surface area contributed by atoms with E-state index >= 15 is 0 Å². The van der Waals surface area contributed by atoms with Crippen LogP contribution in [-0.2, 0) is 0 Å². The second-order valence-electron chi connectivity index (χ2n) is 3.71. The van der Waals surface area contributed by atoms with Gasteiger partial charge in [-0.2, -0.15) is 0 Å². The number of aliphatic hydroxyl groups excluding tert-OH is 1. The highest BCUT2D eigenvalue weighted by Crippen LogP contribution is 2.24. The van der Waals surface area contributed by atoms with E-state index in [-0.39, 0.29) is 0 Å². The molecule has 5 N–H and O–H groups in total. The molecule has 0 saturated carbocycles. The molecule has 94 valence electrons. The van der Waals surface area contributed by atoms with Gasteiger partial charge in [-0.25, -0.2) is 15.0 Å². The van der Waals surface area contributed by atoms with Crippen molar-refractivity contribution in [3.8, 4) is 0 Å². The normalized spacial score (nSPS) is 12.3. The van der Waals surface area contributed by atoms with E-state index in [9.17, 15) is 5.11 Å². The first-order valence-corrected chi connectivity index (χ1v) is 6.08. The van der Waals surface area contributed by atoms with Crippen molar-refractivity contribution >= 4 is 23.4 Å². The molecule has 2 heterocycles. The van der Waals surface area contributed by atoms with Gasteiger partial charge in [0.25, 0.3) is 0 Å². The maximum atomic E-state index is 9.37. The summed E-state index contributed by atoms with van der Waals surface area (Å²) in [6, 6.07) is 5.08. The number of hydrogen-bond acceptors (Lipinski definition) is 7. The first-order chi connectivity index (χ1) is 8.54. The van der Waals surface area contributed by atoms with Gasteiger partial charge in [0.1, 0.15) is 16.7 Å². The summed E-state index contributed by atoms with van der Waals surface area (Å²) < 4.78 is 0. The SMILES string of the molecule is C[C@@H](O)c1ccc(Sc2nc(N)cc(N)n2)nc1. The smallest absolute Gasteiger partial charge is 0.197 e. The highest BCUT2D eigenvalue weighted by molar-refractivity contribution is 7.99. The minimum absolute atomic E-state index is 0.325. The summed E-state index contributed by atoms with van der Waals surface area (Å²) in [5, 5.41) is 10.5. The average Bonchev–Trinajstić information content (AvgIpc) is 2.28. The third-order valence-electron chi connectivity index (χ3n) is 2.18. The van der Waals surface area contributed by atoms with Gasteiger partial charge in [0.2, 0.25) is 0 Å². The molecule has 0 spiro atoms. The number of pyridine rings is 1. The number of nitrogens with two attached hydrogens (primary N) is 2. The molecule has 0 unspecified atom stereocenters. The predicted molar refractivity (Wildman–Crippen MR) is 69.9 cm³/mol. The van der Waals surface area contributed by atoms with Crippen molar-refractivity contribution < 1.29 is 5.11 Å². The van der Waals surface area contributed by atoms with Crippen LogP contribution in [-0.4, -0.2) is 20.1 Å². The monoisotopic (exact) mass is 263 g/mol. The molecule has 6 nitrogen and oxygen atoms in total. The number of anilines is 2. The van der Waals surface area contributed by atoms with Crippen LogP contribution >= 0.6 is 11.8 Å². The minimum Gasteiger partial charge on any atom is -0.389 e. The number of hydrogen-bond donors (Lipinski definition) is 3. The summed E-state index contributed by atoms with van der Waals surface area (Å²) in [7, 11) is 0. The van der Waals surface area contributed by atoms with Crippen molar-refractivity contribution in [1.29, 1.82) is 0 Å². The van der Waals surface area contributed by atoms with Crippen LogP contribution < -0.4 is 11.5 Å². The Labute approximate surface area is 108 Å². The highest BCUT2D eigenvalue weighted by atomic mass is 32.2. The van der Waals surface area contributed by atoms with Crippen molar-refractivity contribution in [3.05, 3.63) is 30.0 Å². The Morgan fingerprint density at radius 3 is 2.39 bits per heavy atom. The van der Waals surface area contributed by atoms with E-state index in [1.54, 1.807) is 25.3 Å². The summed E-state index contributed by atoms with van der Waals surface area (Å²) in [5.41, 5.74) is 11.9. The molecular formula is C11H13N5OS. The molecule has 7 heteroatoms. The van der Waals surface area contributed by atoms with Crippen LogP contribution in [0.1, 0.15) is 18.6 Å². The van der Waals surface area contributed by atoms with Gasteiger partial charge >= 0.3 is 0 Å². The van der Waals surface area contributed by atoms with Gasteiger partial charge in [0.15, 0.2) is 5.16 Å². The third kappa shape index (κ3) is 3.08. The van der Waals surface area contributed by atoms with E-state index in [1.165, 1.54) is 17.8 Å². The van der Waals surface area contributed by atoms with E-state index in [0.29, 0.717) is 21.8 Å². The Morgan fingerprint density at radius 2 is 1.89 bits per heavy atom. The fourth-order valence-electron chi connectivity index (χ4n) is 1.30. The van der Waals surface area contributed by atoms with Gasteiger partial charge in [0.05, 0.1) is 6.10 Å². The van der Waals surface area contributed by atoms with Gasteiger partial charge in [-0.3, -0.25) is 0 Å². The lowest BCUT2D eigenvalue weighted by atomic mass is 10.2. The van der Waals surface area contributed by atoms with Gasteiger partial charge in [-0.1, -0.05) is 6.07 Å². The fraction of sp³-hybridized carbons (Fsp3) is 0.182. The number of rotatable bonds is 3. The molecule has 18 heavy (non-hydrogen) atoms. The maximum absolute atomic E-state index is 9.37. The molecule has 1 atom stereocenters. The quantitative estimate of drug-likeness (QED) is 0.714. The van der Waals surface area contributed by atoms with Crippen LogP contribution in [0.25, 0.3) is 0 Å². The zero-order valence-corrected chi connectivity index (χ0v) is 10.6. The molecular weight excluding hydrogens is 250 g/mol. The number of nitrogens with zero attached hydrogens (tertiary/aromatic N) is 3. The van der Waals surface area contributed by atoms with Gasteiger partial charge in [-0.15, -0.1) is 0 Å². The van der Waals surface area contributed by atoms with Crippen LogP contribution in [0.3, 0.4) is 0 Å². The zero-order chi connectivity index (χ0) is 13.1. The molecule has 0 aliphatic heterocycles. The largest absolute Gasteiger partial charge is 0.389 e. The fourth-order valence-corrected chi connectivity index (χ4v) is 2.03. The number of aliphatic hydroxyl groups is 1. The summed E-state index contributed by atoms with van der Waals surface area (Å²) in [6.07, 6.45) is 1.08. The topological polar surface area (TPSA) is 111 Å². The van der Waals surface area contributed by atoms with E-state index in [2.05, 4.69) is 15.0 Å². The maximum Gasteiger partial charge on any atom is 0.197 e. The Hall–Kier alpha value is -1.86. The lowest BCUT2D eigenvalue weighted by molar-refractivity contribution is 0.198. The van der Waals surface area contributed by atoms with E-state index in [0.717, 1.165) is 5.56 Å². The zero-order valence-electron chi connectivity index (χ0n) is 9.74. The van der Waals surface area contributed by atoms with E-state index < -0.39 is 6.10 Å². The van der Waals surface area contributed by atoms with Crippen molar-refractivity contribution in [2.24, 2.45) is 0 Å². The Morgan fingerprint density at radius 1 is 1.22 bits per heavy atom. The summed E-state index contributed by atoms with van der Waals surface area (Å²) in [4.78, 5) is 12.3. The van der Waals surface area contributed by atoms with Crippen LogP contribution in [0.15, 0.2) is 34.6 Å². The van der Waals surface area contributed by atoms with E-state index in [1.807, 2.05) is 0 Å². The Kier molecular flexibility index (Phi) is 3.63. The van der Waals surface area contributed by atoms with Gasteiger partial charge in [-0.05, 0) is 30.3 Å². The van der Waals surface area contributed by atoms with Gasteiger partial charge in [0, 0.05) is 12.3 Å². The third-order valence-corrected chi connectivity index (χ3v) is 3.00. The standard InChI is InChI=1S/C11H13N5OS/c1-6(17)7-2-3-10(14-5-7)18-11-15-8(12)4-9(13)16-11/h2-6,17H,1H3,(H4,12,13,15,16)/t6-/m1/s1. The Balaban J connectivity index is 2.18. The second-order valence-corrected chi connectivity index (χ2v) is 4.70. The number of aromatic nitrogens is 3. The average molecular weight is 263 g/mol. The van der Waals surface area contributed by atoms with Crippen LogP contribution in [0, 0.1) is 0 Å². The molecule has 0 fully saturated rings.